The Balaban J connectivity index is 1.65. The first-order chi connectivity index (χ1) is 11.6. The highest BCUT2D eigenvalue weighted by molar-refractivity contribution is 7.99. The number of amides is 2. The Hall–Kier alpha value is -2.60. The van der Waals surface area contributed by atoms with Gasteiger partial charge in [-0.2, -0.15) is 0 Å². The minimum absolute atomic E-state index is 0.00945. The van der Waals surface area contributed by atoms with Crippen LogP contribution in [0.4, 0.5) is 0 Å². The molecule has 1 aliphatic rings. The van der Waals surface area contributed by atoms with Gasteiger partial charge in [-0.3, -0.25) is 9.59 Å². The monoisotopic (exact) mass is 341 g/mol. The molecule has 2 aromatic carbocycles. The zero-order valence-electron chi connectivity index (χ0n) is 13.0. The molecule has 0 spiro atoms. The summed E-state index contributed by atoms with van der Waals surface area (Å²) in [6, 6.07) is 13.9. The molecule has 0 aliphatic carbocycles. The molecule has 2 amide bonds. The molecular formula is C18H15NO4S. The Kier molecular flexibility index (Phi) is 4.66. The van der Waals surface area contributed by atoms with Gasteiger partial charge < -0.3 is 4.84 Å². The second-order valence-corrected chi connectivity index (χ2v) is 6.50. The fraction of sp³-hybridized carbons (Fsp3) is 0.167. The van der Waals surface area contributed by atoms with Gasteiger partial charge in [-0.1, -0.05) is 36.3 Å². The Labute approximate surface area is 143 Å². The van der Waals surface area contributed by atoms with E-state index in [0.29, 0.717) is 5.06 Å². The van der Waals surface area contributed by atoms with Crippen LogP contribution in [0.25, 0.3) is 0 Å². The number of benzene rings is 2. The first-order valence-corrected chi connectivity index (χ1v) is 8.49. The highest BCUT2D eigenvalue weighted by Crippen LogP contribution is 2.23. The summed E-state index contributed by atoms with van der Waals surface area (Å²) in [4.78, 5) is 42.4. The lowest BCUT2D eigenvalue weighted by Gasteiger charge is -2.12. The molecule has 1 heterocycles. The quantitative estimate of drug-likeness (QED) is 0.618. The van der Waals surface area contributed by atoms with E-state index in [4.69, 9.17) is 4.84 Å². The molecule has 5 nitrogen and oxygen atoms in total. The third-order valence-electron chi connectivity index (χ3n) is 3.53. The van der Waals surface area contributed by atoms with Crippen molar-refractivity contribution in [3.63, 3.8) is 0 Å². The lowest BCUT2D eigenvalue weighted by atomic mass is 10.1. The lowest BCUT2D eigenvalue weighted by molar-refractivity contribution is -0.167. The molecule has 0 atom stereocenters. The van der Waals surface area contributed by atoms with E-state index in [-0.39, 0.29) is 17.5 Å². The van der Waals surface area contributed by atoms with Crippen molar-refractivity contribution in [2.24, 2.45) is 0 Å². The first-order valence-electron chi connectivity index (χ1n) is 7.50. The molecule has 2 aromatic rings. The zero-order valence-corrected chi connectivity index (χ0v) is 13.8. The molecule has 0 unspecified atom stereocenters. The van der Waals surface area contributed by atoms with Gasteiger partial charge in [-0.25, -0.2) is 4.79 Å². The minimum Gasteiger partial charge on any atom is -0.329 e. The number of fused-ring (bicyclic) bond motifs is 1. The summed E-state index contributed by atoms with van der Waals surface area (Å²) < 4.78 is 0. The summed E-state index contributed by atoms with van der Waals surface area (Å²) in [5.74, 6) is -0.904. The van der Waals surface area contributed by atoms with Gasteiger partial charge >= 0.3 is 5.97 Å². The van der Waals surface area contributed by atoms with Crippen LogP contribution < -0.4 is 0 Å². The zero-order chi connectivity index (χ0) is 17.1. The van der Waals surface area contributed by atoms with Gasteiger partial charge in [0.15, 0.2) is 0 Å². The maximum atomic E-state index is 12.1. The van der Waals surface area contributed by atoms with Crippen LogP contribution in [0.15, 0.2) is 53.4 Å². The van der Waals surface area contributed by atoms with Crippen LogP contribution in [0.1, 0.15) is 33.2 Å². The Morgan fingerprint density at radius 3 is 2.12 bits per heavy atom. The SMILES string of the molecule is CCSc1ccc(CC(=O)ON2C(=O)c3ccccc3C2=O)cc1. The second kappa shape index (κ2) is 6.88. The summed E-state index contributed by atoms with van der Waals surface area (Å²) in [5, 5.41) is 0.536. The molecule has 0 saturated carbocycles. The van der Waals surface area contributed by atoms with E-state index in [2.05, 4.69) is 6.92 Å². The number of thioether (sulfide) groups is 1. The highest BCUT2D eigenvalue weighted by Gasteiger charge is 2.38. The normalized spacial score (nSPS) is 13.1. The molecule has 0 saturated heterocycles. The number of carbonyl (C=O) groups excluding carboxylic acids is 3. The van der Waals surface area contributed by atoms with E-state index in [1.54, 1.807) is 23.9 Å². The molecule has 0 aromatic heterocycles. The fourth-order valence-corrected chi connectivity index (χ4v) is 3.08. The van der Waals surface area contributed by atoms with E-state index in [9.17, 15) is 14.4 Å². The van der Waals surface area contributed by atoms with Gasteiger partial charge in [-0.15, -0.1) is 11.8 Å². The molecule has 24 heavy (non-hydrogen) atoms. The lowest BCUT2D eigenvalue weighted by Crippen LogP contribution is -2.33. The van der Waals surface area contributed by atoms with Crippen LogP contribution in [-0.2, 0) is 16.1 Å². The second-order valence-electron chi connectivity index (χ2n) is 5.17. The van der Waals surface area contributed by atoms with Crippen LogP contribution >= 0.6 is 11.8 Å². The van der Waals surface area contributed by atoms with Crippen LogP contribution in [0, 0.1) is 0 Å². The summed E-state index contributed by atoms with van der Waals surface area (Å²) >= 11 is 1.71. The van der Waals surface area contributed by atoms with Crippen molar-refractivity contribution in [3.05, 3.63) is 65.2 Å². The van der Waals surface area contributed by atoms with E-state index < -0.39 is 17.8 Å². The first kappa shape index (κ1) is 16.3. The van der Waals surface area contributed by atoms with Crippen molar-refractivity contribution in [2.75, 3.05) is 5.75 Å². The number of nitrogens with zero attached hydrogens (tertiary/aromatic N) is 1. The topological polar surface area (TPSA) is 63.7 Å². The number of hydroxylamine groups is 2. The standard InChI is InChI=1S/C18H15NO4S/c1-2-24-13-9-7-12(8-10-13)11-16(20)23-19-17(21)14-5-3-4-6-15(14)18(19)22/h3-10H,2,11H2,1H3. The number of hydrogen-bond acceptors (Lipinski definition) is 5. The molecule has 6 heteroatoms. The summed E-state index contributed by atoms with van der Waals surface area (Å²) in [6.45, 7) is 2.07. The van der Waals surface area contributed by atoms with Crippen LogP contribution in [0.2, 0.25) is 0 Å². The van der Waals surface area contributed by atoms with Crippen molar-refractivity contribution in [1.82, 2.24) is 5.06 Å². The number of rotatable bonds is 5. The minimum atomic E-state index is -0.652. The van der Waals surface area contributed by atoms with Gasteiger partial charge in [-0.05, 0) is 35.6 Å². The fourth-order valence-electron chi connectivity index (χ4n) is 2.42. The predicted octanol–water partition coefficient (Wildman–Crippen LogP) is 3.10. The van der Waals surface area contributed by atoms with Crippen molar-refractivity contribution in [1.29, 1.82) is 0 Å². The van der Waals surface area contributed by atoms with Crippen molar-refractivity contribution >= 4 is 29.5 Å². The van der Waals surface area contributed by atoms with E-state index >= 15 is 0 Å². The average molecular weight is 341 g/mol. The van der Waals surface area contributed by atoms with E-state index in [1.807, 2.05) is 24.3 Å². The molecule has 0 radical (unpaired) electrons. The molecule has 1 aliphatic heterocycles. The van der Waals surface area contributed by atoms with Crippen LogP contribution in [-0.4, -0.2) is 28.6 Å². The number of carbonyl (C=O) groups is 3. The third-order valence-corrected chi connectivity index (χ3v) is 4.43. The molecule has 3 rings (SSSR count). The molecule has 0 fully saturated rings. The molecule has 0 N–H and O–H groups in total. The summed E-state index contributed by atoms with van der Waals surface area (Å²) in [7, 11) is 0. The Morgan fingerprint density at radius 1 is 1.00 bits per heavy atom. The molecular weight excluding hydrogens is 326 g/mol. The number of hydrogen-bond donors (Lipinski definition) is 0. The average Bonchev–Trinajstić information content (AvgIpc) is 2.82. The Morgan fingerprint density at radius 2 is 1.58 bits per heavy atom. The summed E-state index contributed by atoms with van der Waals surface area (Å²) in [6.07, 6.45) is -0.00945. The highest BCUT2D eigenvalue weighted by atomic mass is 32.2. The van der Waals surface area contributed by atoms with Crippen LogP contribution in [0.5, 0.6) is 0 Å². The maximum Gasteiger partial charge on any atom is 0.337 e. The van der Waals surface area contributed by atoms with Crippen LogP contribution in [0.3, 0.4) is 0 Å². The van der Waals surface area contributed by atoms with E-state index in [0.717, 1.165) is 16.2 Å². The van der Waals surface area contributed by atoms with Gasteiger partial charge in [0.05, 0.1) is 17.5 Å². The molecule has 0 bridgehead atoms. The largest absolute Gasteiger partial charge is 0.337 e. The van der Waals surface area contributed by atoms with Gasteiger partial charge in [0.25, 0.3) is 11.8 Å². The van der Waals surface area contributed by atoms with Gasteiger partial charge in [0, 0.05) is 4.90 Å². The van der Waals surface area contributed by atoms with E-state index in [1.165, 1.54) is 12.1 Å². The molecule has 122 valence electrons. The predicted molar refractivity (Wildman–Crippen MR) is 89.6 cm³/mol. The van der Waals surface area contributed by atoms with Crippen molar-refractivity contribution in [3.8, 4) is 0 Å². The van der Waals surface area contributed by atoms with Gasteiger partial charge in [0.2, 0.25) is 0 Å². The summed E-state index contributed by atoms with van der Waals surface area (Å²) in [5.41, 5.74) is 1.25. The van der Waals surface area contributed by atoms with Crippen molar-refractivity contribution in [2.45, 2.75) is 18.2 Å². The maximum absolute atomic E-state index is 12.1. The Bertz CT molecular complexity index is 766. The number of imide groups is 1. The van der Waals surface area contributed by atoms with Gasteiger partial charge in [0.1, 0.15) is 0 Å². The smallest absolute Gasteiger partial charge is 0.329 e. The third kappa shape index (κ3) is 3.19. The van der Waals surface area contributed by atoms with Crippen molar-refractivity contribution < 1.29 is 19.2 Å².